The van der Waals surface area contributed by atoms with Crippen molar-refractivity contribution in [1.29, 1.82) is 0 Å². The Morgan fingerprint density at radius 3 is 2.60 bits per heavy atom. The first-order valence-electron chi connectivity index (χ1n) is 5.35. The van der Waals surface area contributed by atoms with Gasteiger partial charge in [0.15, 0.2) is 5.69 Å². The summed E-state index contributed by atoms with van der Waals surface area (Å²) in [5.74, 6) is -0.783. The molecule has 2 aromatic rings. The monoisotopic (exact) mass is 302 g/mol. The Labute approximate surface area is 116 Å². The van der Waals surface area contributed by atoms with Gasteiger partial charge in [-0.25, -0.2) is 9.78 Å². The second-order valence-electron chi connectivity index (χ2n) is 3.77. The number of nitrogens with zero attached hydrogens (tertiary/aromatic N) is 1. The Morgan fingerprint density at radius 1 is 1.35 bits per heavy atom. The van der Waals surface area contributed by atoms with Gasteiger partial charge in [-0.2, -0.15) is 13.2 Å². The Kier molecular flexibility index (Phi) is 3.67. The van der Waals surface area contributed by atoms with Gasteiger partial charge in [-0.3, -0.25) is 0 Å². The van der Waals surface area contributed by atoms with E-state index in [1.54, 1.807) is 0 Å². The molecule has 0 amide bonds. The van der Waals surface area contributed by atoms with Crippen LogP contribution >= 0.6 is 11.3 Å². The lowest BCUT2D eigenvalue weighted by molar-refractivity contribution is -0.137. The third kappa shape index (κ3) is 2.60. The van der Waals surface area contributed by atoms with Crippen LogP contribution in [0.2, 0.25) is 0 Å². The van der Waals surface area contributed by atoms with E-state index >= 15 is 0 Å². The number of benzene rings is 1. The molecule has 4 nitrogen and oxygen atoms in total. The number of methoxy groups -OCH3 is 1. The molecule has 1 aromatic heterocycles. The third-order valence-electron chi connectivity index (χ3n) is 2.49. The number of rotatable bonds is 2. The first-order valence-corrected chi connectivity index (χ1v) is 6.17. The number of hydrogen-bond donors (Lipinski definition) is 1. The van der Waals surface area contributed by atoms with Crippen LogP contribution in [-0.2, 0) is 10.9 Å². The summed E-state index contributed by atoms with van der Waals surface area (Å²) < 4.78 is 43.2. The van der Waals surface area contributed by atoms with E-state index in [1.165, 1.54) is 18.2 Å². The lowest BCUT2D eigenvalue weighted by atomic mass is 10.1. The van der Waals surface area contributed by atoms with E-state index in [-0.39, 0.29) is 21.3 Å². The highest BCUT2D eigenvalue weighted by Gasteiger charge is 2.34. The highest BCUT2D eigenvalue weighted by atomic mass is 32.1. The van der Waals surface area contributed by atoms with Crippen molar-refractivity contribution < 1.29 is 22.7 Å². The molecule has 0 bridgehead atoms. The Balaban J connectivity index is 2.56. The highest BCUT2D eigenvalue weighted by Crippen LogP contribution is 2.39. The van der Waals surface area contributed by atoms with E-state index in [2.05, 4.69) is 9.72 Å². The first kappa shape index (κ1) is 14.3. The molecule has 106 valence electrons. The predicted molar refractivity (Wildman–Crippen MR) is 68.3 cm³/mol. The molecule has 0 saturated carbocycles. The number of nitrogen functional groups attached to an aromatic ring is 1. The molecule has 8 heteroatoms. The Bertz CT molecular complexity index is 652. The van der Waals surface area contributed by atoms with Crippen molar-refractivity contribution in [2.24, 2.45) is 0 Å². The molecule has 2 N–H and O–H groups in total. The first-order chi connectivity index (χ1) is 9.34. The average molecular weight is 302 g/mol. The van der Waals surface area contributed by atoms with Crippen LogP contribution in [0.15, 0.2) is 24.3 Å². The number of anilines is 1. The van der Waals surface area contributed by atoms with Crippen molar-refractivity contribution in [3.8, 4) is 10.6 Å². The standard InChI is InChI=1S/C12H9F3N2O2S/c1-19-11(18)8-9(16)20-10(17-8)6-4-2-3-5-7(6)12(13,14)15/h2-5H,16H2,1H3. The summed E-state index contributed by atoms with van der Waals surface area (Å²) in [6.07, 6.45) is -4.51. The summed E-state index contributed by atoms with van der Waals surface area (Å²) in [4.78, 5) is 15.2. The van der Waals surface area contributed by atoms with Crippen LogP contribution in [0.25, 0.3) is 10.6 Å². The maximum absolute atomic E-state index is 12.9. The zero-order valence-corrected chi connectivity index (χ0v) is 11.0. The van der Waals surface area contributed by atoms with Crippen molar-refractivity contribution in [1.82, 2.24) is 4.98 Å². The van der Waals surface area contributed by atoms with Gasteiger partial charge in [0.1, 0.15) is 10.0 Å². The molecule has 0 fully saturated rings. The van der Waals surface area contributed by atoms with Crippen molar-refractivity contribution >= 4 is 22.3 Å². The third-order valence-corrected chi connectivity index (χ3v) is 3.41. The SMILES string of the molecule is COC(=O)c1nc(-c2ccccc2C(F)(F)F)sc1N. The van der Waals surface area contributed by atoms with Crippen LogP contribution in [-0.4, -0.2) is 18.1 Å². The molecule has 0 aliphatic rings. The van der Waals surface area contributed by atoms with Crippen LogP contribution < -0.4 is 5.73 Å². The molecular weight excluding hydrogens is 293 g/mol. The van der Waals surface area contributed by atoms with Crippen LogP contribution in [0.5, 0.6) is 0 Å². The lowest BCUT2D eigenvalue weighted by Gasteiger charge is -2.10. The smallest absolute Gasteiger partial charge is 0.417 e. The molecule has 20 heavy (non-hydrogen) atoms. The number of nitrogens with two attached hydrogens (primary N) is 1. The number of esters is 1. The molecule has 0 aliphatic carbocycles. The van der Waals surface area contributed by atoms with Crippen molar-refractivity contribution in [3.63, 3.8) is 0 Å². The van der Waals surface area contributed by atoms with Crippen LogP contribution in [0.3, 0.4) is 0 Å². The number of carbonyl (C=O) groups is 1. The summed E-state index contributed by atoms with van der Waals surface area (Å²) in [5.41, 5.74) is 4.46. The maximum atomic E-state index is 12.9. The van der Waals surface area contributed by atoms with Crippen molar-refractivity contribution in [2.75, 3.05) is 12.8 Å². The van der Waals surface area contributed by atoms with Crippen molar-refractivity contribution in [3.05, 3.63) is 35.5 Å². The molecular formula is C12H9F3N2O2S. The number of alkyl halides is 3. The largest absolute Gasteiger partial charge is 0.464 e. The van der Waals surface area contributed by atoms with Crippen LogP contribution in [0, 0.1) is 0 Å². The summed E-state index contributed by atoms with van der Waals surface area (Å²) in [5, 5.41) is 0.0413. The van der Waals surface area contributed by atoms with Gasteiger partial charge in [-0.15, -0.1) is 0 Å². The topological polar surface area (TPSA) is 65.2 Å². The van der Waals surface area contributed by atoms with E-state index in [1.807, 2.05) is 0 Å². The molecule has 0 radical (unpaired) electrons. The minimum absolute atomic E-state index is 0.0174. The quantitative estimate of drug-likeness (QED) is 0.865. The molecule has 1 heterocycles. The Morgan fingerprint density at radius 2 is 2.00 bits per heavy atom. The minimum Gasteiger partial charge on any atom is -0.464 e. The number of aromatic nitrogens is 1. The molecule has 0 aliphatic heterocycles. The van der Waals surface area contributed by atoms with E-state index in [0.29, 0.717) is 0 Å². The molecule has 0 unspecified atom stereocenters. The second kappa shape index (κ2) is 5.12. The Hall–Kier alpha value is -2.09. The number of hydrogen-bond acceptors (Lipinski definition) is 5. The summed E-state index contributed by atoms with van der Waals surface area (Å²) in [7, 11) is 1.14. The summed E-state index contributed by atoms with van der Waals surface area (Å²) >= 11 is 0.807. The number of carbonyl (C=O) groups excluding carboxylic acids is 1. The van der Waals surface area contributed by atoms with Crippen LogP contribution in [0.4, 0.5) is 18.2 Å². The fourth-order valence-electron chi connectivity index (χ4n) is 1.61. The average Bonchev–Trinajstić information content (AvgIpc) is 2.79. The van der Waals surface area contributed by atoms with Gasteiger partial charge in [-0.05, 0) is 6.07 Å². The minimum atomic E-state index is -4.51. The zero-order valence-electron chi connectivity index (χ0n) is 10.2. The summed E-state index contributed by atoms with van der Waals surface area (Å²) in [6.45, 7) is 0. The molecule has 0 atom stereocenters. The molecule has 2 rings (SSSR count). The normalized spacial score (nSPS) is 11.4. The summed E-state index contributed by atoms with van der Waals surface area (Å²) in [6, 6.07) is 4.97. The van der Waals surface area contributed by atoms with Gasteiger partial charge in [-0.1, -0.05) is 29.5 Å². The molecule has 0 spiro atoms. The van der Waals surface area contributed by atoms with Gasteiger partial charge in [0, 0.05) is 5.56 Å². The highest BCUT2D eigenvalue weighted by molar-refractivity contribution is 7.19. The predicted octanol–water partition coefficient (Wildman–Crippen LogP) is 3.20. The van der Waals surface area contributed by atoms with E-state index < -0.39 is 17.7 Å². The molecule has 1 aromatic carbocycles. The van der Waals surface area contributed by atoms with E-state index in [4.69, 9.17) is 5.73 Å². The van der Waals surface area contributed by atoms with Gasteiger partial charge in [0.05, 0.1) is 12.7 Å². The fraction of sp³-hybridized carbons (Fsp3) is 0.167. The fourth-order valence-corrected chi connectivity index (χ4v) is 2.47. The number of halogens is 3. The maximum Gasteiger partial charge on any atom is 0.417 e. The van der Waals surface area contributed by atoms with Crippen molar-refractivity contribution in [2.45, 2.75) is 6.18 Å². The van der Waals surface area contributed by atoms with E-state index in [0.717, 1.165) is 24.5 Å². The zero-order chi connectivity index (χ0) is 14.9. The lowest BCUT2D eigenvalue weighted by Crippen LogP contribution is -2.07. The molecule has 0 saturated heterocycles. The second-order valence-corrected chi connectivity index (χ2v) is 4.80. The van der Waals surface area contributed by atoms with Gasteiger partial charge in [0.25, 0.3) is 0 Å². The van der Waals surface area contributed by atoms with Gasteiger partial charge >= 0.3 is 12.1 Å². The van der Waals surface area contributed by atoms with E-state index in [9.17, 15) is 18.0 Å². The van der Waals surface area contributed by atoms with Gasteiger partial charge in [0.2, 0.25) is 0 Å². The van der Waals surface area contributed by atoms with Gasteiger partial charge < -0.3 is 10.5 Å². The van der Waals surface area contributed by atoms with Crippen LogP contribution in [0.1, 0.15) is 16.1 Å². The number of thiazole rings is 1. The number of ether oxygens (including phenoxy) is 1.